The molecule has 0 aliphatic heterocycles. The predicted octanol–water partition coefficient (Wildman–Crippen LogP) is 3.47. The lowest BCUT2D eigenvalue weighted by molar-refractivity contribution is -0.136. The third kappa shape index (κ3) is 3.81. The van der Waals surface area contributed by atoms with Gasteiger partial charge in [-0.2, -0.15) is 0 Å². The van der Waals surface area contributed by atoms with E-state index in [9.17, 15) is 4.79 Å². The molecule has 5 heteroatoms. The van der Waals surface area contributed by atoms with E-state index < -0.39 is 5.97 Å². The average molecular weight is 291 g/mol. The van der Waals surface area contributed by atoms with Crippen molar-refractivity contribution in [1.29, 1.82) is 0 Å². The number of para-hydroxylation sites is 1. The maximum atomic E-state index is 10.6. The van der Waals surface area contributed by atoms with Crippen LogP contribution in [0.5, 0.6) is 5.75 Å². The Hall–Kier alpha value is -1.88. The average Bonchev–Trinajstić information content (AvgIpc) is 2.83. The van der Waals surface area contributed by atoms with Crippen LogP contribution >= 0.6 is 11.3 Å². The van der Waals surface area contributed by atoms with E-state index in [1.54, 1.807) is 6.20 Å². The first-order valence-electron chi connectivity index (χ1n) is 6.43. The summed E-state index contributed by atoms with van der Waals surface area (Å²) < 4.78 is 5.80. The zero-order valence-corrected chi connectivity index (χ0v) is 12.3. The minimum atomic E-state index is -0.841. The summed E-state index contributed by atoms with van der Waals surface area (Å²) in [5.74, 6) is 0.411. The Kier molecular flexibility index (Phi) is 4.74. The normalized spacial score (nSPS) is 10.8. The highest BCUT2D eigenvalue weighted by molar-refractivity contribution is 7.11. The molecule has 2 rings (SSSR count). The Labute approximate surface area is 122 Å². The van der Waals surface area contributed by atoms with E-state index in [0.29, 0.717) is 12.5 Å². The molecule has 0 aliphatic rings. The minimum absolute atomic E-state index is 0.0141. The van der Waals surface area contributed by atoms with E-state index >= 15 is 0 Å². The molecule has 1 heterocycles. The molecule has 1 aromatic heterocycles. The molecule has 0 saturated carbocycles. The van der Waals surface area contributed by atoms with E-state index in [2.05, 4.69) is 24.9 Å². The number of rotatable bonds is 6. The first-order chi connectivity index (χ1) is 9.56. The van der Waals surface area contributed by atoms with Crippen molar-refractivity contribution in [2.75, 3.05) is 0 Å². The largest absolute Gasteiger partial charge is 0.486 e. The summed E-state index contributed by atoms with van der Waals surface area (Å²) in [6, 6.07) is 7.94. The van der Waals surface area contributed by atoms with Crippen molar-refractivity contribution in [1.82, 2.24) is 4.98 Å². The molecule has 1 aromatic carbocycles. The zero-order chi connectivity index (χ0) is 14.5. The van der Waals surface area contributed by atoms with Gasteiger partial charge >= 0.3 is 5.97 Å². The van der Waals surface area contributed by atoms with Gasteiger partial charge in [-0.3, -0.25) is 4.79 Å². The van der Waals surface area contributed by atoms with Crippen LogP contribution in [0.2, 0.25) is 0 Å². The van der Waals surface area contributed by atoms with E-state index in [4.69, 9.17) is 9.84 Å². The smallest absolute Gasteiger partial charge is 0.308 e. The SMILES string of the molecule is CC(C)c1ccccc1OCc1ncc(CC(=O)O)s1. The topological polar surface area (TPSA) is 59.4 Å². The number of hydrogen-bond acceptors (Lipinski definition) is 4. The van der Waals surface area contributed by atoms with Crippen LogP contribution in [-0.4, -0.2) is 16.1 Å². The van der Waals surface area contributed by atoms with Gasteiger partial charge in [-0.1, -0.05) is 32.0 Å². The zero-order valence-electron chi connectivity index (χ0n) is 11.5. The third-order valence-electron chi connectivity index (χ3n) is 2.82. The quantitative estimate of drug-likeness (QED) is 0.885. The Morgan fingerprint density at radius 3 is 2.85 bits per heavy atom. The van der Waals surface area contributed by atoms with Gasteiger partial charge in [-0.05, 0) is 17.5 Å². The summed E-state index contributed by atoms with van der Waals surface area (Å²) >= 11 is 1.38. The maximum absolute atomic E-state index is 10.6. The molecule has 0 unspecified atom stereocenters. The van der Waals surface area contributed by atoms with Gasteiger partial charge in [0.1, 0.15) is 17.4 Å². The Balaban J connectivity index is 2.02. The van der Waals surface area contributed by atoms with Gasteiger partial charge in [-0.15, -0.1) is 11.3 Å². The van der Waals surface area contributed by atoms with Crippen molar-refractivity contribution >= 4 is 17.3 Å². The molecular weight excluding hydrogens is 274 g/mol. The van der Waals surface area contributed by atoms with E-state index in [-0.39, 0.29) is 6.42 Å². The fraction of sp³-hybridized carbons (Fsp3) is 0.333. The number of nitrogens with zero attached hydrogens (tertiary/aromatic N) is 1. The van der Waals surface area contributed by atoms with Crippen LogP contribution in [0.25, 0.3) is 0 Å². The third-order valence-corrected chi connectivity index (χ3v) is 3.79. The molecule has 0 bridgehead atoms. The lowest BCUT2D eigenvalue weighted by Crippen LogP contribution is -1.99. The molecule has 0 radical (unpaired) electrons. The van der Waals surface area contributed by atoms with Crippen molar-refractivity contribution in [2.45, 2.75) is 32.8 Å². The van der Waals surface area contributed by atoms with Crippen LogP contribution < -0.4 is 4.74 Å². The van der Waals surface area contributed by atoms with Gasteiger partial charge in [0.05, 0.1) is 6.42 Å². The molecule has 0 atom stereocenters. The highest BCUT2D eigenvalue weighted by Gasteiger charge is 2.09. The second-order valence-electron chi connectivity index (χ2n) is 4.77. The van der Waals surface area contributed by atoms with Gasteiger partial charge in [0.25, 0.3) is 0 Å². The Morgan fingerprint density at radius 1 is 1.40 bits per heavy atom. The number of ether oxygens (including phenoxy) is 1. The number of carbonyl (C=O) groups is 1. The molecule has 1 N–H and O–H groups in total. The van der Waals surface area contributed by atoms with Gasteiger partial charge in [0, 0.05) is 11.1 Å². The fourth-order valence-corrected chi connectivity index (χ4v) is 2.70. The Bertz CT molecular complexity index is 592. The Morgan fingerprint density at radius 2 is 2.15 bits per heavy atom. The van der Waals surface area contributed by atoms with E-state index in [0.717, 1.165) is 21.2 Å². The van der Waals surface area contributed by atoms with Crippen molar-refractivity contribution < 1.29 is 14.6 Å². The molecule has 0 fully saturated rings. The summed E-state index contributed by atoms with van der Waals surface area (Å²) in [6.07, 6.45) is 1.62. The molecule has 20 heavy (non-hydrogen) atoms. The molecular formula is C15H17NO3S. The van der Waals surface area contributed by atoms with Crippen molar-refractivity contribution in [3.05, 3.63) is 45.9 Å². The van der Waals surface area contributed by atoms with E-state index in [1.165, 1.54) is 11.3 Å². The van der Waals surface area contributed by atoms with Crippen LogP contribution in [0.1, 0.15) is 35.2 Å². The van der Waals surface area contributed by atoms with Gasteiger partial charge in [-0.25, -0.2) is 4.98 Å². The molecule has 0 spiro atoms. The molecule has 0 aliphatic carbocycles. The lowest BCUT2D eigenvalue weighted by atomic mass is 10.0. The monoisotopic (exact) mass is 291 g/mol. The van der Waals surface area contributed by atoms with Crippen LogP contribution in [-0.2, 0) is 17.8 Å². The highest BCUT2D eigenvalue weighted by atomic mass is 32.1. The highest BCUT2D eigenvalue weighted by Crippen LogP contribution is 2.27. The molecule has 0 saturated heterocycles. The van der Waals surface area contributed by atoms with Crippen LogP contribution in [0.15, 0.2) is 30.5 Å². The summed E-state index contributed by atoms with van der Waals surface area (Å²) in [4.78, 5) is 15.6. The summed E-state index contributed by atoms with van der Waals surface area (Å²) in [5.41, 5.74) is 1.16. The maximum Gasteiger partial charge on any atom is 0.308 e. The standard InChI is InChI=1S/C15H17NO3S/c1-10(2)12-5-3-4-6-13(12)19-9-14-16-8-11(20-14)7-15(17)18/h3-6,8,10H,7,9H2,1-2H3,(H,17,18). The number of aromatic nitrogens is 1. The van der Waals surface area contributed by atoms with Crippen molar-refractivity contribution in [2.24, 2.45) is 0 Å². The first kappa shape index (κ1) is 14.5. The lowest BCUT2D eigenvalue weighted by Gasteiger charge is -2.12. The molecule has 0 amide bonds. The predicted molar refractivity (Wildman–Crippen MR) is 78.3 cm³/mol. The number of benzene rings is 1. The number of thiazole rings is 1. The minimum Gasteiger partial charge on any atom is -0.486 e. The fourth-order valence-electron chi connectivity index (χ4n) is 1.87. The van der Waals surface area contributed by atoms with Crippen molar-refractivity contribution in [3.8, 4) is 5.75 Å². The van der Waals surface area contributed by atoms with Gasteiger partial charge in [0.2, 0.25) is 0 Å². The number of hydrogen-bond donors (Lipinski definition) is 1. The molecule has 106 valence electrons. The summed E-state index contributed by atoms with van der Waals surface area (Å²) in [7, 11) is 0. The van der Waals surface area contributed by atoms with Crippen LogP contribution in [0.4, 0.5) is 0 Å². The second-order valence-corrected chi connectivity index (χ2v) is 5.97. The first-order valence-corrected chi connectivity index (χ1v) is 7.25. The van der Waals surface area contributed by atoms with E-state index in [1.807, 2.05) is 18.2 Å². The number of aliphatic carboxylic acids is 1. The second kappa shape index (κ2) is 6.52. The van der Waals surface area contributed by atoms with Crippen molar-refractivity contribution in [3.63, 3.8) is 0 Å². The summed E-state index contributed by atoms with van der Waals surface area (Å²) in [5, 5.41) is 9.52. The van der Waals surface area contributed by atoms with Crippen LogP contribution in [0.3, 0.4) is 0 Å². The number of carboxylic acids is 1. The van der Waals surface area contributed by atoms with Gasteiger partial charge < -0.3 is 9.84 Å². The number of carboxylic acid groups (broad SMARTS) is 1. The van der Waals surface area contributed by atoms with Crippen LogP contribution in [0, 0.1) is 0 Å². The molecule has 4 nitrogen and oxygen atoms in total. The summed E-state index contributed by atoms with van der Waals surface area (Å²) in [6.45, 7) is 4.61. The van der Waals surface area contributed by atoms with Gasteiger partial charge in [0.15, 0.2) is 0 Å². The molecule has 2 aromatic rings.